The van der Waals surface area contributed by atoms with Gasteiger partial charge in [0.15, 0.2) is 17.4 Å². The van der Waals surface area contributed by atoms with Gasteiger partial charge in [-0.1, -0.05) is 0 Å². The highest BCUT2D eigenvalue weighted by molar-refractivity contribution is 6.51. The van der Waals surface area contributed by atoms with E-state index in [1.807, 2.05) is 0 Å². The molecule has 6 heteroatoms. The van der Waals surface area contributed by atoms with Crippen molar-refractivity contribution in [1.29, 1.82) is 0 Å². The lowest BCUT2D eigenvalue weighted by Crippen LogP contribution is -2.46. The molecule has 0 rings (SSSR count). The Morgan fingerprint density at radius 3 is 1.33 bits per heavy atom. The van der Waals surface area contributed by atoms with Gasteiger partial charge in [-0.15, -0.1) is 0 Å². The van der Waals surface area contributed by atoms with E-state index in [0.717, 1.165) is 0 Å². The Hall–Kier alpha value is 0.589. The van der Waals surface area contributed by atoms with E-state index in [0.29, 0.717) is 19.8 Å². The summed E-state index contributed by atoms with van der Waals surface area (Å²) in [6.07, 6.45) is 0. The minimum Gasteiger partial charge on any atom is -0.367 e. The molecule has 0 aliphatic rings. The zero-order valence-corrected chi connectivity index (χ0v) is 8.29. The molecule has 0 unspecified atom stereocenters. The van der Waals surface area contributed by atoms with Crippen molar-refractivity contribution in [3.8, 4) is 0 Å². The van der Waals surface area contributed by atoms with Gasteiger partial charge in [0.25, 0.3) is 0 Å². The molecule has 0 aromatic heterocycles. The Kier molecular flexibility index (Phi) is 10.3. The van der Waals surface area contributed by atoms with Crippen LogP contribution >= 0.6 is 0 Å². The largest absolute Gasteiger partial charge is 0.676 e. The molecule has 0 saturated carbocycles. The van der Waals surface area contributed by atoms with Crippen molar-refractivity contribution in [2.75, 3.05) is 19.8 Å². The molecule has 0 spiro atoms. The second kappa shape index (κ2) is 8.20. The molecule has 74 valence electrons. The molecule has 0 heterocycles. The fourth-order valence-corrected chi connectivity index (χ4v) is 2.02. The van der Waals surface area contributed by atoms with Crippen LogP contribution in [0.15, 0.2) is 0 Å². The van der Waals surface area contributed by atoms with Gasteiger partial charge in [0.2, 0.25) is 0 Å². The number of rotatable bonds is 6. The van der Waals surface area contributed by atoms with Crippen molar-refractivity contribution < 1.29 is 18.1 Å². The van der Waals surface area contributed by atoms with Gasteiger partial charge in [-0.05, 0) is 20.8 Å². The van der Waals surface area contributed by atoms with E-state index in [1.165, 1.54) is 0 Å². The zero-order valence-electron chi connectivity index (χ0n) is 7.29. The van der Waals surface area contributed by atoms with E-state index < -0.39 is 9.05 Å². The molecule has 0 saturated heterocycles. The van der Waals surface area contributed by atoms with Crippen LogP contribution in [0.25, 0.3) is 0 Å². The topological polar surface area (TPSA) is 47.9 Å². The van der Waals surface area contributed by atoms with Crippen LogP contribution < -0.4 is 0 Å². The van der Waals surface area contributed by atoms with Gasteiger partial charge >= 0.3 is 9.05 Å². The Balaban J connectivity index is 0. The molecule has 4 nitrogen and oxygen atoms in total. The maximum absolute atomic E-state index is 9.48. The van der Waals surface area contributed by atoms with Gasteiger partial charge in [0, 0.05) is 19.8 Å². The molecular formula is C6H19AlO4Si. The minimum absolute atomic E-state index is 0. The van der Waals surface area contributed by atoms with Crippen molar-refractivity contribution >= 4 is 26.4 Å². The Morgan fingerprint density at radius 1 is 0.917 bits per heavy atom. The van der Waals surface area contributed by atoms with Gasteiger partial charge < -0.3 is 18.1 Å². The third kappa shape index (κ3) is 6.14. The highest BCUT2D eigenvalue weighted by Gasteiger charge is 2.39. The molecule has 0 radical (unpaired) electrons. The second-order valence-electron chi connectivity index (χ2n) is 1.82. The van der Waals surface area contributed by atoms with Crippen LogP contribution in [0.5, 0.6) is 0 Å². The molecular weight excluding hydrogens is 191 g/mol. The molecule has 0 aliphatic heterocycles. The summed E-state index contributed by atoms with van der Waals surface area (Å²) in [5.74, 6) is 0. The minimum atomic E-state index is -3.25. The van der Waals surface area contributed by atoms with Crippen LogP contribution in [-0.4, -0.2) is 51.0 Å². The van der Waals surface area contributed by atoms with Crippen LogP contribution in [0.3, 0.4) is 0 Å². The monoisotopic (exact) mass is 210 g/mol. The predicted molar refractivity (Wildman–Crippen MR) is 52.8 cm³/mol. The smallest absolute Gasteiger partial charge is 0.367 e. The van der Waals surface area contributed by atoms with Crippen molar-refractivity contribution in [1.82, 2.24) is 0 Å². The standard InChI is InChI=1S/C6H16O4Si.Al.3H/c1-4-8-11(7,9-5-2)10-6-3;;;;/h7H,4-6H2,1-3H3;;;;. The second-order valence-corrected chi connectivity index (χ2v) is 3.74. The Bertz CT molecular complexity index is 86.5. The van der Waals surface area contributed by atoms with Crippen LogP contribution in [0, 0.1) is 0 Å². The first-order valence-electron chi connectivity index (χ1n) is 3.82. The Labute approximate surface area is 85.4 Å². The van der Waals surface area contributed by atoms with Crippen LogP contribution in [0.1, 0.15) is 20.8 Å². The fourth-order valence-electron chi connectivity index (χ4n) is 0.672. The molecule has 0 fully saturated rings. The van der Waals surface area contributed by atoms with E-state index in [9.17, 15) is 4.80 Å². The number of hydrogen-bond donors (Lipinski definition) is 1. The van der Waals surface area contributed by atoms with Gasteiger partial charge in [0.1, 0.15) is 0 Å². The third-order valence-electron chi connectivity index (χ3n) is 0.980. The predicted octanol–water partition coefficient (Wildman–Crippen LogP) is -0.660. The van der Waals surface area contributed by atoms with Gasteiger partial charge in [-0.25, -0.2) is 0 Å². The first-order valence-corrected chi connectivity index (χ1v) is 5.50. The summed E-state index contributed by atoms with van der Waals surface area (Å²) in [4.78, 5) is 9.48. The fraction of sp³-hybridized carbons (Fsp3) is 1.00. The van der Waals surface area contributed by atoms with Gasteiger partial charge in [-0.3, -0.25) is 0 Å². The van der Waals surface area contributed by atoms with Crippen LogP contribution in [0.2, 0.25) is 0 Å². The molecule has 0 amide bonds. The van der Waals surface area contributed by atoms with Gasteiger partial charge in [0.05, 0.1) is 0 Å². The van der Waals surface area contributed by atoms with Gasteiger partial charge in [-0.2, -0.15) is 0 Å². The van der Waals surface area contributed by atoms with Crippen molar-refractivity contribution in [2.24, 2.45) is 0 Å². The summed E-state index contributed by atoms with van der Waals surface area (Å²) in [6.45, 7) is 6.58. The zero-order chi connectivity index (χ0) is 8.74. The number of hydrogen-bond acceptors (Lipinski definition) is 4. The molecule has 12 heavy (non-hydrogen) atoms. The van der Waals surface area contributed by atoms with E-state index in [4.69, 9.17) is 13.3 Å². The lowest BCUT2D eigenvalue weighted by atomic mass is 10.9. The lowest BCUT2D eigenvalue weighted by Gasteiger charge is -2.20. The maximum Gasteiger partial charge on any atom is 0.676 e. The first kappa shape index (κ1) is 15.1. The third-order valence-corrected chi connectivity index (χ3v) is 2.94. The summed E-state index contributed by atoms with van der Waals surface area (Å²) >= 11 is 0. The average molecular weight is 210 g/mol. The highest BCUT2D eigenvalue weighted by atomic mass is 28.4. The summed E-state index contributed by atoms with van der Waals surface area (Å²) in [5, 5.41) is 0. The van der Waals surface area contributed by atoms with E-state index >= 15 is 0 Å². The first-order chi connectivity index (χ1) is 5.18. The van der Waals surface area contributed by atoms with Crippen molar-refractivity contribution in [3.05, 3.63) is 0 Å². The summed E-state index contributed by atoms with van der Waals surface area (Å²) in [7, 11) is -3.25. The highest BCUT2D eigenvalue weighted by Crippen LogP contribution is 2.04. The molecule has 0 aromatic carbocycles. The van der Waals surface area contributed by atoms with Crippen LogP contribution in [-0.2, 0) is 13.3 Å². The van der Waals surface area contributed by atoms with E-state index in [1.54, 1.807) is 20.8 Å². The average Bonchev–Trinajstić information content (AvgIpc) is 1.88. The maximum atomic E-state index is 9.48. The molecule has 0 atom stereocenters. The van der Waals surface area contributed by atoms with E-state index in [-0.39, 0.29) is 17.4 Å². The molecule has 1 N–H and O–H groups in total. The normalized spacial score (nSPS) is 11.0. The van der Waals surface area contributed by atoms with Crippen molar-refractivity contribution in [3.63, 3.8) is 0 Å². The SMILES string of the molecule is CCO[Si](O)(OCC)OCC.[AlH3]. The summed E-state index contributed by atoms with van der Waals surface area (Å²) < 4.78 is 14.9. The van der Waals surface area contributed by atoms with Crippen LogP contribution in [0.4, 0.5) is 0 Å². The van der Waals surface area contributed by atoms with Crippen molar-refractivity contribution in [2.45, 2.75) is 20.8 Å². The molecule has 0 aliphatic carbocycles. The summed E-state index contributed by atoms with van der Waals surface area (Å²) in [6, 6.07) is 0. The lowest BCUT2D eigenvalue weighted by molar-refractivity contribution is 0.00146. The Morgan fingerprint density at radius 2 is 1.17 bits per heavy atom. The quantitative estimate of drug-likeness (QED) is 0.591. The summed E-state index contributed by atoms with van der Waals surface area (Å²) in [5.41, 5.74) is 0. The molecule has 0 bridgehead atoms. The van der Waals surface area contributed by atoms with E-state index in [2.05, 4.69) is 0 Å². The molecule has 0 aromatic rings.